The molecule has 0 amide bonds. The van der Waals surface area contributed by atoms with E-state index in [0.29, 0.717) is 4.70 Å². The SMILES string of the molecule is Fc1ccc(N(I)c2cccc3c2sc2c(F)cccc23)cc1. The Morgan fingerprint density at radius 1 is 0.783 bits per heavy atom. The summed E-state index contributed by atoms with van der Waals surface area (Å²) in [5, 5.41) is 1.96. The largest absolute Gasteiger partial charge is 0.282 e. The zero-order valence-corrected chi connectivity index (χ0v) is 14.7. The van der Waals surface area contributed by atoms with Gasteiger partial charge < -0.3 is 0 Å². The van der Waals surface area contributed by atoms with E-state index >= 15 is 0 Å². The Kier molecular flexibility index (Phi) is 3.69. The predicted molar refractivity (Wildman–Crippen MR) is 102 cm³/mol. The van der Waals surface area contributed by atoms with E-state index in [1.807, 2.05) is 27.4 Å². The highest BCUT2D eigenvalue weighted by Crippen LogP contribution is 2.43. The molecule has 4 aromatic rings. The summed E-state index contributed by atoms with van der Waals surface area (Å²) < 4.78 is 30.9. The molecular formula is C18H10F2INS. The van der Waals surface area contributed by atoms with Crippen LogP contribution in [0.1, 0.15) is 0 Å². The minimum Gasteiger partial charge on any atom is -0.282 e. The lowest BCUT2D eigenvalue weighted by Crippen LogP contribution is -2.00. The number of rotatable bonds is 2. The third-order valence-corrected chi connectivity index (χ3v) is 6.05. The van der Waals surface area contributed by atoms with Crippen molar-refractivity contribution in [2.24, 2.45) is 0 Å². The number of nitrogens with zero attached hydrogens (tertiary/aromatic N) is 1. The van der Waals surface area contributed by atoms with Gasteiger partial charge in [-0.1, -0.05) is 24.3 Å². The molecule has 0 spiro atoms. The maximum Gasteiger partial charge on any atom is 0.141 e. The fourth-order valence-electron chi connectivity index (χ4n) is 2.64. The van der Waals surface area contributed by atoms with Crippen LogP contribution in [0.25, 0.3) is 20.2 Å². The highest BCUT2D eigenvalue weighted by molar-refractivity contribution is 14.1. The molecule has 0 unspecified atom stereocenters. The Hall–Kier alpha value is -1.73. The van der Waals surface area contributed by atoms with Crippen LogP contribution in [-0.2, 0) is 0 Å². The van der Waals surface area contributed by atoms with E-state index in [4.69, 9.17) is 0 Å². The first-order chi connectivity index (χ1) is 11.1. The molecule has 0 aliphatic heterocycles. The maximum absolute atomic E-state index is 14.1. The van der Waals surface area contributed by atoms with Crippen LogP contribution in [0.5, 0.6) is 0 Å². The highest BCUT2D eigenvalue weighted by atomic mass is 127. The van der Waals surface area contributed by atoms with Gasteiger partial charge in [0.05, 0.1) is 43.6 Å². The predicted octanol–water partition coefficient (Wildman–Crippen LogP) is 6.82. The van der Waals surface area contributed by atoms with E-state index in [1.54, 1.807) is 18.2 Å². The number of benzene rings is 3. The van der Waals surface area contributed by atoms with Crippen molar-refractivity contribution in [2.45, 2.75) is 0 Å². The molecule has 1 aromatic heterocycles. The number of hydrogen-bond acceptors (Lipinski definition) is 2. The van der Waals surface area contributed by atoms with Crippen molar-refractivity contribution in [1.82, 2.24) is 0 Å². The number of thiophene rings is 1. The second-order valence-electron chi connectivity index (χ2n) is 5.13. The lowest BCUT2D eigenvalue weighted by molar-refractivity contribution is 0.628. The molecule has 0 radical (unpaired) electrons. The van der Waals surface area contributed by atoms with Crippen molar-refractivity contribution in [3.63, 3.8) is 0 Å². The smallest absolute Gasteiger partial charge is 0.141 e. The quantitative estimate of drug-likeness (QED) is 0.246. The van der Waals surface area contributed by atoms with Gasteiger partial charge in [0.1, 0.15) is 11.6 Å². The number of anilines is 2. The molecule has 3 aromatic carbocycles. The molecule has 4 rings (SSSR count). The van der Waals surface area contributed by atoms with Crippen LogP contribution < -0.4 is 3.11 Å². The molecule has 0 fully saturated rings. The van der Waals surface area contributed by atoms with E-state index < -0.39 is 0 Å². The summed E-state index contributed by atoms with van der Waals surface area (Å²) in [6, 6.07) is 17.5. The fraction of sp³-hybridized carbons (Fsp3) is 0. The van der Waals surface area contributed by atoms with Gasteiger partial charge in [0.25, 0.3) is 0 Å². The summed E-state index contributed by atoms with van der Waals surface area (Å²) in [6.07, 6.45) is 0. The minimum absolute atomic E-state index is 0.198. The first kappa shape index (κ1) is 14.8. The highest BCUT2D eigenvalue weighted by Gasteiger charge is 2.15. The Balaban J connectivity index is 1.95. The third kappa shape index (κ3) is 2.48. The summed E-state index contributed by atoms with van der Waals surface area (Å²) in [5.74, 6) is -0.461. The van der Waals surface area contributed by atoms with Crippen LogP contribution >= 0.6 is 34.2 Å². The van der Waals surface area contributed by atoms with Crippen LogP contribution in [0, 0.1) is 11.6 Å². The second kappa shape index (κ2) is 5.72. The molecule has 0 bridgehead atoms. The van der Waals surface area contributed by atoms with Gasteiger partial charge in [-0.25, -0.2) is 8.78 Å². The summed E-state index contributed by atoms with van der Waals surface area (Å²) in [4.78, 5) is 0. The molecule has 0 aliphatic rings. The van der Waals surface area contributed by atoms with Crippen molar-refractivity contribution in [2.75, 3.05) is 3.11 Å². The van der Waals surface area contributed by atoms with Gasteiger partial charge in [0.2, 0.25) is 0 Å². The van der Waals surface area contributed by atoms with Crippen LogP contribution in [-0.4, -0.2) is 0 Å². The Labute approximate surface area is 149 Å². The standard InChI is InChI=1S/C18H10F2INS/c19-11-7-9-12(10-8-11)22(21)16-6-2-4-14-13-3-1-5-15(20)17(13)23-18(14)16/h1-10H. The Bertz CT molecular complexity index is 1010. The number of hydrogen-bond donors (Lipinski definition) is 0. The van der Waals surface area contributed by atoms with Gasteiger partial charge in [0, 0.05) is 10.8 Å². The second-order valence-corrected chi connectivity index (χ2v) is 7.12. The average Bonchev–Trinajstić information content (AvgIpc) is 2.95. The first-order valence-electron chi connectivity index (χ1n) is 6.96. The van der Waals surface area contributed by atoms with Crippen molar-refractivity contribution < 1.29 is 8.78 Å². The van der Waals surface area contributed by atoms with Crippen LogP contribution in [0.2, 0.25) is 0 Å². The molecule has 0 atom stereocenters. The van der Waals surface area contributed by atoms with Gasteiger partial charge in [-0.3, -0.25) is 3.11 Å². The third-order valence-electron chi connectivity index (χ3n) is 3.72. The van der Waals surface area contributed by atoms with Gasteiger partial charge in [-0.2, -0.15) is 0 Å². The van der Waals surface area contributed by atoms with E-state index in [-0.39, 0.29) is 11.6 Å². The molecular weight excluding hydrogens is 427 g/mol. The molecule has 1 heterocycles. The lowest BCUT2D eigenvalue weighted by Gasteiger charge is -2.17. The van der Waals surface area contributed by atoms with Crippen molar-refractivity contribution in [3.05, 3.63) is 72.3 Å². The maximum atomic E-state index is 14.1. The van der Waals surface area contributed by atoms with E-state index in [2.05, 4.69) is 22.9 Å². The molecule has 114 valence electrons. The van der Waals surface area contributed by atoms with Gasteiger partial charge in [-0.15, -0.1) is 11.3 Å². The number of halogens is 3. The molecule has 5 heteroatoms. The molecule has 0 aliphatic carbocycles. The molecule has 23 heavy (non-hydrogen) atoms. The zero-order chi connectivity index (χ0) is 16.0. The van der Waals surface area contributed by atoms with Crippen molar-refractivity contribution in [1.29, 1.82) is 0 Å². The summed E-state index contributed by atoms with van der Waals surface area (Å²) >= 11 is 3.64. The first-order valence-corrected chi connectivity index (χ1v) is 8.74. The number of fused-ring (bicyclic) bond motifs is 3. The van der Waals surface area contributed by atoms with E-state index in [1.165, 1.54) is 29.5 Å². The average molecular weight is 437 g/mol. The van der Waals surface area contributed by atoms with Gasteiger partial charge in [0.15, 0.2) is 0 Å². The minimum atomic E-state index is -0.263. The molecule has 0 saturated carbocycles. The summed E-state index contributed by atoms with van der Waals surface area (Å²) in [6.45, 7) is 0. The van der Waals surface area contributed by atoms with Crippen molar-refractivity contribution >= 4 is 65.7 Å². The lowest BCUT2D eigenvalue weighted by atomic mass is 10.1. The van der Waals surface area contributed by atoms with Gasteiger partial charge in [-0.05, 0) is 36.4 Å². The monoisotopic (exact) mass is 437 g/mol. The molecule has 1 nitrogen and oxygen atoms in total. The van der Waals surface area contributed by atoms with Crippen LogP contribution in [0.15, 0.2) is 60.7 Å². The normalized spacial score (nSPS) is 11.3. The van der Waals surface area contributed by atoms with Crippen LogP contribution in [0.4, 0.5) is 20.2 Å². The Morgan fingerprint density at radius 3 is 2.17 bits per heavy atom. The topological polar surface area (TPSA) is 3.24 Å². The Morgan fingerprint density at radius 2 is 1.43 bits per heavy atom. The summed E-state index contributed by atoms with van der Waals surface area (Å²) in [7, 11) is 0. The van der Waals surface area contributed by atoms with Gasteiger partial charge >= 0.3 is 0 Å². The zero-order valence-electron chi connectivity index (χ0n) is 11.8. The van der Waals surface area contributed by atoms with E-state index in [9.17, 15) is 8.78 Å². The van der Waals surface area contributed by atoms with E-state index in [0.717, 1.165) is 26.8 Å². The van der Waals surface area contributed by atoms with Crippen molar-refractivity contribution in [3.8, 4) is 0 Å². The molecule has 0 N–H and O–H groups in total. The summed E-state index contributed by atoms with van der Waals surface area (Å²) in [5.41, 5.74) is 1.84. The molecule has 0 saturated heterocycles. The van der Waals surface area contributed by atoms with Crippen LogP contribution in [0.3, 0.4) is 0 Å². The fourth-order valence-corrected chi connectivity index (χ4v) is 4.73.